The van der Waals surface area contributed by atoms with E-state index in [2.05, 4.69) is 10.4 Å². The van der Waals surface area contributed by atoms with E-state index >= 15 is 0 Å². The van der Waals surface area contributed by atoms with E-state index in [0.717, 1.165) is 27.5 Å². The van der Waals surface area contributed by atoms with Crippen molar-refractivity contribution in [3.8, 4) is 5.75 Å². The summed E-state index contributed by atoms with van der Waals surface area (Å²) in [6.45, 7) is 4.51. The predicted molar refractivity (Wildman–Crippen MR) is 80.8 cm³/mol. The number of halogens is 1. The highest BCUT2D eigenvalue weighted by molar-refractivity contribution is 6.31. The molecule has 1 atom stereocenters. The maximum absolute atomic E-state index is 6.06. The van der Waals surface area contributed by atoms with Crippen molar-refractivity contribution in [3.63, 3.8) is 0 Å². The molecular weight excluding hydrogens is 274 g/mol. The van der Waals surface area contributed by atoms with Crippen LogP contribution in [0.1, 0.15) is 29.7 Å². The summed E-state index contributed by atoms with van der Waals surface area (Å²) in [6.07, 6.45) is 3.46. The highest BCUT2D eigenvalue weighted by Crippen LogP contribution is 2.26. The van der Waals surface area contributed by atoms with Crippen LogP contribution in [0.15, 0.2) is 36.7 Å². The fourth-order valence-electron chi connectivity index (χ4n) is 2.07. The summed E-state index contributed by atoms with van der Waals surface area (Å²) < 4.78 is 5.47. The Balaban J connectivity index is 2.36. The zero-order valence-electron chi connectivity index (χ0n) is 11.6. The molecule has 0 aliphatic rings. The van der Waals surface area contributed by atoms with Crippen molar-refractivity contribution >= 4 is 11.6 Å². The van der Waals surface area contributed by atoms with E-state index in [1.54, 1.807) is 12.4 Å². The van der Waals surface area contributed by atoms with Crippen LogP contribution in [-0.2, 0) is 0 Å². The topological polar surface area (TPSA) is 60.2 Å². The fourth-order valence-corrected chi connectivity index (χ4v) is 2.19. The lowest BCUT2D eigenvalue weighted by Gasteiger charge is -2.18. The molecule has 0 radical (unpaired) electrons. The van der Waals surface area contributed by atoms with Gasteiger partial charge >= 0.3 is 0 Å². The van der Waals surface area contributed by atoms with Crippen molar-refractivity contribution < 1.29 is 4.74 Å². The third kappa shape index (κ3) is 3.28. The Morgan fingerprint density at radius 2 is 2.10 bits per heavy atom. The van der Waals surface area contributed by atoms with Crippen LogP contribution >= 0.6 is 11.6 Å². The maximum atomic E-state index is 6.06. The number of benzene rings is 1. The monoisotopic (exact) mass is 291 g/mol. The summed E-state index contributed by atoms with van der Waals surface area (Å²) in [5, 5.41) is 0.741. The molecule has 0 saturated heterocycles. The van der Waals surface area contributed by atoms with E-state index < -0.39 is 0 Å². The van der Waals surface area contributed by atoms with Gasteiger partial charge in [-0.05, 0) is 42.7 Å². The van der Waals surface area contributed by atoms with Crippen LogP contribution in [0.3, 0.4) is 0 Å². The van der Waals surface area contributed by atoms with Gasteiger partial charge in [0.05, 0.1) is 18.8 Å². The number of rotatable bonds is 5. The first-order valence-corrected chi connectivity index (χ1v) is 6.83. The van der Waals surface area contributed by atoms with Crippen molar-refractivity contribution in [2.75, 3.05) is 6.61 Å². The zero-order chi connectivity index (χ0) is 14.5. The first-order chi connectivity index (χ1) is 9.65. The summed E-state index contributed by atoms with van der Waals surface area (Å²) in [5.74, 6) is 6.43. The molecule has 0 amide bonds. The summed E-state index contributed by atoms with van der Waals surface area (Å²) in [7, 11) is 0. The summed E-state index contributed by atoms with van der Waals surface area (Å²) >= 11 is 6.06. The van der Waals surface area contributed by atoms with Gasteiger partial charge in [-0.2, -0.15) is 0 Å². The van der Waals surface area contributed by atoms with Crippen LogP contribution in [0.2, 0.25) is 5.02 Å². The highest BCUT2D eigenvalue weighted by atomic mass is 35.5. The molecular formula is C15H18ClN3O. The van der Waals surface area contributed by atoms with Crippen LogP contribution in [0.4, 0.5) is 0 Å². The van der Waals surface area contributed by atoms with Gasteiger partial charge in [-0.25, -0.2) is 5.43 Å². The molecule has 1 aromatic carbocycles. The smallest absolute Gasteiger partial charge is 0.137 e. The minimum atomic E-state index is -0.154. The first-order valence-electron chi connectivity index (χ1n) is 6.45. The van der Waals surface area contributed by atoms with Gasteiger partial charge in [-0.15, -0.1) is 0 Å². The third-order valence-corrected chi connectivity index (χ3v) is 3.48. The standard InChI is InChI=1S/C15H18ClN3O/c1-3-20-13-7-12(8-18-9-13)15(19-17)11-4-5-14(16)10(2)6-11/h4-9,15,19H,3,17H2,1-2H3. The quantitative estimate of drug-likeness (QED) is 0.657. The second-order valence-corrected chi connectivity index (χ2v) is 4.90. The minimum Gasteiger partial charge on any atom is -0.492 e. The van der Waals surface area contributed by atoms with E-state index in [1.165, 1.54) is 0 Å². The lowest BCUT2D eigenvalue weighted by Crippen LogP contribution is -2.29. The molecule has 106 valence electrons. The van der Waals surface area contributed by atoms with Gasteiger partial charge < -0.3 is 4.74 Å². The van der Waals surface area contributed by atoms with E-state index in [4.69, 9.17) is 22.2 Å². The molecule has 20 heavy (non-hydrogen) atoms. The van der Waals surface area contributed by atoms with Crippen molar-refractivity contribution in [1.29, 1.82) is 0 Å². The highest BCUT2D eigenvalue weighted by Gasteiger charge is 2.14. The van der Waals surface area contributed by atoms with Crippen molar-refractivity contribution in [3.05, 3.63) is 58.4 Å². The molecule has 1 aromatic heterocycles. The number of pyridine rings is 1. The Labute approximate surface area is 123 Å². The number of aromatic nitrogens is 1. The normalized spacial score (nSPS) is 12.2. The number of hydrazine groups is 1. The lowest BCUT2D eigenvalue weighted by atomic mass is 9.99. The zero-order valence-corrected chi connectivity index (χ0v) is 12.3. The SMILES string of the molecule is CCOc1cncc(C(NN)c2ccc(Cl)c(C)c2)c1. The van der Waals surface area contributed by atoms with Crippen molar-refractivity contribution in [2.24, 2.45) is 5.84 Å². The van der Waals surface area contributed by atoms with Gasteiger partial charge in [0.1, 0.15) is 5.75 Å². The van der Waals surface area contributed by atoms with E-state index in [1.807, 2.05) is 38.1 Å². The summed E-state index contributed by atoms with van der Waals surface area (Å²) in [5.41, 5.74) is 5.80. The number of nitrogens with two attached hydrogens (primary N) is 1. The van der Waals surface area contributed by atoms with Crippen molar-refractivity contribution in [1.82, 2.24) is 10.4 Å². The molecule has 1 heterocycles. The summed E-state index contributed by atoms with van der Waals surface area (Å²) in [6, 6.07) is 7.62. The van der Waals surface area contributed by atoms with Gasteiger partial charge in [0.15, 0.2) is 0 Å². The largest absolute Gasteiger partial charge is 0.492 e. The van der Waals surface area contributed by atoms with Crippen LogP contribution in [0.25, 0.3) is 0 Å². The third-order valence-electron chi connectivity index (χ3n) is 3.06. The molecule has 0 spiro atoms. The van der Waals surface area contributed by atoms with Gasteiger partial charge in [-0.3, -0.25) is 10.8 Å². The first kappa shape index (κ1) is 14.8. The molecule has 1 unspecified atom stereocenters. The molecule has 5 heteroatoms. The second-order valence-electron chi connectivity index (χ2n) is 4.50. The van der Waals surface area contributed by atoms with E-state index in [0.29, 0.717) is 6.61 Å². The molecule has 0 saturated carbocycles. The summed E-state index contributed by atoms with van der Waals surface area (Å²) in [4.78, 5) is 4.19. The Bertz CT molecular complexity index is 589. The number of hydrogen-bond donors (Lipinski definition) is 2. The average Bonchev–Trinajstić information content (AvgIpc) is 2.44. The van der Waals surface area contributed by atoms with Crippen molar-refractivity contribution in [2.45, 2.75) is 19.9 Å². The number of nitrogens with one attached hydrogen (secondary N) is 1. The Hall–Kier alpha value is -1.62. The molecule has 4 nitrogen and oxygen atoms in total. The Morgan fingerprint density at radius 1 is 1.30 bits per heavy atom. The number of aryl methyl sites for hydroxylation is 1. The van der Waals surface area contributed by atoms with Gasteiger partial charge in [-0.1, -0.05) is 23.7 Å². The van der Waals surface area contributed by atoms with E-state index in [-0.39, 0.29) is 6.04 Å². The minimum absolute atomic E-state index is 0.154. The second kappa shape index (κ2) is 6.70. The van der Waals surface area contributed by atoms with E-state index in [9.17, 15) is 0 Å². The Morgan fingerprint density at radius 3 is 2.75 bits per heavy atom. The van der Waals surface area contributed by atoms with Gasteiger partial charge in [0, 0.05) is 11.2 Å². The van der Waals surface area contributed by atoms with Crippen LogP contribution < -0.4 is 16.0 Å². The molecule has 2 aromatic rings. The lowest BCUT2D eigenvalue weighted by molar-refractivity contribution is 0.338. The molecule has 3 N–H and O–H groups in total. The Kier molecular flexibility index (Phi) is 4.95. The number of ether oxygens (including phenoxy) is 1. The fraction of sp³-hybridized carbons (Fsp3) is 0.267. The molecule has 0 bridgehead atoms. The number of hydrogen-bond acceptors (Lipinski definition) is 4. The average molecular weight is 292 g/mol. The van der Waals surface area contributed by atoms with Crippen LogP contribution in [0, 0.1) is 6.92 Å². The molecule has 0 fully saturated rings. The van der Waals surface area contributed by atoms with Gasteiger partial charge in [0.25, 0.3) is 0 Å². The van der Waals surface area contributed by atoms with Gasteiger partial charge in [0.2, 0.25) is 0 Å². The maximum Gasteiger partial charge on any atom is 0.137 e. The number of nitrogens with zero attached hydrogens (tertiary/aromatic N) is 1. The molecule has 0 aliphatic heterocycles. The van der Waals surface area contributed by atoms with Crippen LogP contribution in [-0.4, -0.2) is 11.6 Å². The van der Waals surface area contributed by atoms with Crippen LogP contribution in [0.5, 0.6) is 5.75 Å². The molecule has 2 rings (SSSR count). The molecule has 0 aliphatic carbocycles. The predicted octanol–water partition coefficient (Wildman–Crippen LogP) is 2.99.